The van der Waals surface area contributed by atoms with Gasteiger partial charge in [0.05, 0.1) is 6.04 Å². The molecule has 0 fully saturated rings. The summed E-state index contributed by atoms with van der Waals surface area (Å²) < 4.78 is 0. The highest BCUT2D eigenvalue weighted by Crippen LogP contribution is 2.17. The molecule has 1 aromatic carbocycles. The first-order chi connectivity index (χ1) is 6.92. The molecule has 3 heteroatoms. The fourth-order valence-corrected chi connectivity index (χ4v) is 1.54. The molecule has 2 N–H and O–H groups in total. The van der Waals surface area contributed by atoms with Crippen molar-refractivity contribution >= 4 is 0 Å². The number of hydrogen-bond donors (Lipinski definition) is 2. The van der Waals surface area contributed by atoms with E-state index < -0.39 is 0 Å². The third-order valence-corrected chi connectivity index (χ3v) is 2.21. The Morgan fingerprint density at radius 2 is 2.07 bits per heavy atom. The van der Waals surface area contributed by atoms with E-state index in [1.165, 1.54) is 5.56 Å². The maximum absolute atomic E-state index is 4.25. The number of rotatable bonds is 3. The number of aromatic amines is 1. The zero-order valence-electron chi connectivity index (χ0n) is 8.07. The second kappa shape index (κ2) is 4.07. The van der Waals surface area contributed by atoms with Crippen molar-refractivity contribution in [3.05, 3.63) is 54.1 Å². The molecule has 2 rings (SSSR count). The molecule has 0 radical (unpaired) electrons. The molecule has 2 aromatic rings. The van der Waals surface area contributed by atoms with Gasteiger partial charge in [-0.05, 0) is 12.6 Å². The fraction of sp³-hybridized carbons (Fsp3) is 0.182. The lowest BCUT2D eigenvalue weighted by molar-refractivity contribution is 0.655. The Labute approximate surface area is 83.2 Å². The summed E-state index contributed by atoms with van der Waals surface area (Å²) in [6, 6.07) is 10.4. The van der Waals surface area contributed by atoms with Crippen LogP contribution in [0.1, 0.15) is 17.4 Å². The van der Waals surface area contributed by atoms with Crippen LogP contribution >= 0.6 is 0 Å². The molecule has 0 saturated heterocycles. The topological polar surface area (TPSA) is 40.7 Å². The first-order valence-corrected chi connectivity index (χ1v) is 4.63. The lowest BCUT2D eigenvalue weighted by Crippen LogP contribution is -2.18. The van der Waals surface area contributed by atoms with E-state index >= 15 is 0 Å². The molecule has 0 amide bonds. The SMILES string of the molecule is CNC(c1ccccc1)c1ncc[nH]1. The predicted octanol–water partition coefficient (Wildman–Crippen LogP) is 1.72. The molecule has 0 aliphatic carbocycles. The van der Waals surface area contributed by atoms with Crippen molar-refractivity contribution in [3.63, 3.8) is 0 Å². The van der Waals surface area contributed by atoms with Crippen LogP contribution in [0.15, 0.2) is 42.7 Å². The lowest BCUT2D eigenvalue weighted by Gasteiger charge is -2.13. The van der Waals surface area contributed by atoms with Gasteiger partial charge in [-0.2, -0.15) is 0 Å². The van der Waals surface area contributed by atoms with E-state index in [-0.39, 0.29) is 6.04 Å². The van der Waals surface area contributed by atoms with Gasteiger partial charge in [0, 0.05) is 12.4 Å². The quantitative estimate of drug-likeness (QED) is 0.768. The van der Waals surface area contributed by atoms with E-state index in [2.05, 4.69) is 27.4 Å². The van der Waals surface area contributed by atoms with Crippen molar-refractivity contribution in [1.82, 2.24) is 15.3 Å². The zero-order valence-corrected chi connectivity index (χ0v) is 8.07. The molecule has 3 nitrogen and oxygen atoms in total. The summed E-state index contributed by atoms with van der Waals surface area (Å²) in [7, 11) is 1.93. The summed E-state index contributed by atoms with van der Waals surface area (Å²) in [5, 5.41) is 3.23. The van der Waals surface area contributed by atoms with Crippen LogP contribution in [0.2, 0.25) is 0 Å². The summed E-state index contributed by atoms with van der Waals surface area (Å²) >= 11 is 0. The number of imidazole rings is 1. The van der Waals surface area contributed by atoms with Crippen LogP contribution in [-0.2, 0) is 0 Å². The largest absolute Gasteiger partial charge is 0.347 e. The summed E-state index contributed by atoms with van der Waals surface area (Å²) in [5.74, 6) is 0.943. The van der Waals surface area contributed by atoms with Crippen molar-refractivity contribution < 1.29 is 0 Å². The minimum absolute atomic E-state index is 0.145. The van der Waals surface area contributed by atoms with Gasteiger partial charge < -0.3 is 10.3 Å². The number of hydrogen-bond acceptors (Lipinski definition) is 2. The molecule has 0 aliphatic heterocycles. The van der Waals surface area contributed by atoms with Crippen LogP contribution in [0.5, 0.6) is 0 Å². The van der Waals surface area contributed by atoms with Gasteiger partial charge in [-0.1, -0.05) is 30.3 Å². The minimum atomic E-state index is 0.145. The summed E-state index contributed by atoms with van der Waals surface area (Å²) in [6.45, 7) is 0. The van der Waals surface area contributed by atoms with Crippen LogP contribution in [-0.4, -0.2) is 17.0 Å². The Morgan fingerprint density at radius 3 is 2.64 bits per heavy atom. The Bertz CT molecular complexity index is 367. The fourth-order valence-electron chi connectivity index (χ4n) is 1.54. The maximum Gasteiger partial charge on any atom is 0.127 e. The molecular weight excluding hydrogens is 174 g/mol. The number of nitrogens with zero attached hydrogens (tertiary/aromatic N) is 1. The van der Waals surface area contributed by atoms with Crippen LogP contribution in [0.3, 0.4) is 0 Å². The van der Waals surface area contributed by atoms with E-state index in [1.54, 1.807) is 6.20 Å². The normalized spacial score (nSPS) is 12.6. The van der Waals surface area contributed by atoms with Crippen molar-refractivity contribution in [3.8, 4) is 0 Å². The molecular formula is C11H13N3. The second-order valence-corrected chi connectivity index (χ2v) is 3.11. The predicted molar refractivity (Wildman–Crippen MR) is 55.9 cm³/mol. The molecule has 1 heterocycles. The second-order valence-electron chi connectivity index (χ2n) is 3.11. The molecule has 0 bridgehead atoms. The van der Waals surface area contributed by atoms with Crippen molar-refractivity contribution in [2.24, 2.45) is 0 Å². The minimum Gasteiger partial charge on any atom is -0.347 e. The van der Waals surface area contributed by atoms with Crippen molar-refractivity contribution in [2.45, 2.75) is 6.04 Å². The monoisotopic (exact) mass is 187 g/mol. The summed E-state index contributed by atoms with van der Waals surface area (Å²) in [4.78, 5) is 7.36. The molecule has 14 heavy (non-hydrogen) atoms. The van der Waals surface area contributed by atoms with E-state index in [1.807, 2.05) is 31.4 Å². The zero-order chi connectivity index (χ0) is 9.80. The number of aromatic nitrogens is 2. The van der Waals surface area contributed by atoms with Crippen LogP contribution in [0.4, 0.5) is 0 Å². The lowest BCUT2D eigenvalue weighted by atomic mass is 10.1. The smallest absolute Gasteiger partial charge is 0.127 e. The van der Waals surface area contributed by atoms with Crippen LogP contribution < -0.4 is 5.32 Å². The van der Waals surface area contributed by atoms with Gasteiger partial charge in [0.15, 0.2) is 0 Å². The highest BCUT2D eigenvalue weighted by atomic mass is 15.0. The van der Waals surface area contributed by atoms with Gasteiger partial charge in [-0.3, -0.25) is 0 Å². The summed E-state index contributed by atoms with van der Waals surface area (Å²) in [6.07, 6.45) is 3.60. The average Bonchev–Trinajstić information content (AvgIpc) is 2.74. The van der Waals surface area contributed by atoms with Gasteiger partial charge in [0.1, 0.15) is 5.82 Å². The average molecular weight is 187 g/mol. The standard InChI is InChI=1S/C11H13N3/c1-12-10(11-13-7-8-14-11)9-5-3-2-4-6-9/h2-8,10,12H,1H3,(H,13,14). The van der Waals surface area contributed by atoms with E-state index in [4.69, 9.17) is 0 Å². The van der Waals surface area contributed by atoms with Crippen molar-refractivity contribution in [2.75, 3.05) is 7.05 Å². The van der Waals surface area contributed by atoms with Gasteiger partial charge in [0.2, 0.25) is 0 Å². The maximum atomic E-state index is 4.25. The number of benzene rings is 1. The van der Waals surface area contributed by atoms with Gasteiger partial charge in [-0.15, -0.1) is 0 Å². The van der Waals surface area contributed by atoms with Crippen molar-refractivity contribution in [1.29, 1.82) is 0 Å². The van der Waals surface area contributed by atoms with Crippen LogP contribution in [0, 0.1) is 0 Å². The van der Waals surface area contributed by atoms with E-state index in [9.17, 15) is 0 Å². The van der Waals surface area contributed by atoms with E-state index in [0.29, 0.717) is 0 Å². The third kappa shape index (κ3) is 1.67. The molecule has 1 atom stereocenters. The van der Waals surface area contributed by atoms with E-state index in [0.717, 1.165) is 5.82 Å². The Balaban J connectivity index is 2.31. The first kappa shape index (κ1) is 8.97. The molecule has 0 aliphatic rings. The summed E-state index contributed by atoms with van der Waals surface area (Å²) in [5.41, 5.74) is 1.21. The molecule has 1 aromatic heterocycles. The highest BCUT2D eigenvalue weighted by molar-refractivity contribution is 5.24. The first-order valence-electron chi connectivity index (χ1n) is 4.63. The third-order valence-electron chi connectivity index (χ3n) is 2.21. The Hall–Kier alpha value is -1.61. The van der Waals surface area contributed by atoms with Gasteiger partial charge in [0.25, 0.3) is 0 Å². The number of nitrogens with one attached hydrogen (secondary N) is 2. The molecule has 0 spiro atoms. The van der Waals surface area contributed by atoms with Crippen LogP contribution in [0.25, 0.3) is 0 Å². The number of H-pyrrole nitrogens is 1. The van der Waals surface area contributed by atoms with Gasteiger partial charge in [-0.25, -0.2) is 4.98 Å². The Morgan fingerprint density at radius 1 is 1.29 bits per heavy atom. The molecule has 0 saturated carbocycles. The highest BCUT2D eigenvalue weighted by Gasteiger charge is 2.12. The molecule has 1 unspecified atom stereocenters. The Kier molecular flexibility index (Phi) is 2.60. The van der Waals surface area contributed by atoms with Gasteiger partial charge >= 0.3 is 0 Å². The molecule has 72 valence electrons.